The van der Waals surface area contributed by atoms with Crippen LogP contribution in [0.4, 0.5) is 17.1 Å². The van der Waals surface area contributed by atoms with Gasteiger partial charge in [-0.15, -0.1) is 0 Å². The van der Waals surface area contributed by atoms with Crippen molar-refractivity contribution in [2.45, 2.75) is 18.0 Å². The molecule has 2 heterocycles. The Labute approximate surface area is 224 Å². The molecule has 1 aromatic heterocycles. The van der Waals surface area contributed by atoms with Crippen LogP contribution in [0.3, 0.4) is 0 Å². The number of anilines is 2. The third-order valence-corrected chi connectivity index (χ3v) is 8.38. The molecule has 1 amide bonds. The Hall–Kier alpha value is -2.61. The first-order valence-corrected chi connectivity index (χ1v) is 13.0. The summed E-state index contributed by atoms with van der Waals surface area (Å²) in [6, 6.07) is 7.83. The number of amides is 1. The van der Waals surface area contributed by atoms with E-state index in [1.807, 2.05) is 13.1 Å². The van der Waals surface area contributed by atoms with E-state index in [1.165, 1.54) is 18.9 Å². The molecule has 0 saturated carbocycles. The topological polar surface area (TPSA) is 160 Å². The molecular weight excluding hydrogens is 572 g/mol. The lowest BCUT2D eigenvalue weighted by Gasteiger charge is -2.22. The second-order valence-electron chi connectivity index (χ2n) is 8.21. The summed E-state index contributed by atoms with van der Waals surface area (Å²) in [5.41, 5.74) is 16.5. The summed E-state index contributed by atoms with van der Waals surface area (Å²) in [6.45, 7) is 0.0736. The maximum atomic E-state index is 12.8. The molecule has 2 aromatic carbocycles. The number of nitrogens with two attached hydrogens (primary N) is 3. The van der Waals surface area contributed by atoms with Crippen LogP contribution in [0.25, 0.3) is 10.9 Å². The molecule has 1 aliphatic heterocycles. The smallest absolute Gasteiger partial charge is 0.329 e. The highest BCUT2D eigenvalue weighted by molar-refractivity contribution is 9.10. The molecule has 0 fully saturated rings. The van der Waals surface area contributed by atoms with E-state index in [9.17, 15) is 9.59 Å². The lowest BCUT2D eigenvalue weighted by Crippen LogP contribution is -3.02. The van der Waals surface area contributed by atoms with E-state index in [1.54, 1.807) is 24.3 Å². The molecule has 10 nitrogen and oxygen atoms in total. The highest BCUT2D eigenvalue weighted by Crippen LogP contribution is 2.47. The number of thioether (sulfide) groups is 1. The van der Waals surface area contributed by atoms with Gasteiger partial charge in [-0.2, -0.15) is 0 Å². The van der Waals surface area contributed by atoms with Gasteiger partial charge in [-0.3, -0.25) is 14.5 Å². The number of nitrogens with one attached hydrogen (secondary N) is 2. The summed E-state index contributed by atoms with van der Waals surface area (Å²) in [4.78, 5) is 35.7. The number of carbonyl (C=O) groups excluding carboxylic acids is 2. The van der Waals surface area contributed by atoms with Crippen LogP contribution in [0, 0.1) is 0 Å². The molecule has 0 aliphatic carbocycles. The van der Waals surface area contributed by atoms with Gasteiger partial charge in [0.15, 0.2) is 11.1 Å². The molecule has 0 spiro atoms. The van der Waals surface area contributed by atoms with Crippen LogP contribution in [0.15, 0.2) is 34.8 Å². The van der Waals surface area contributed by atoms with Gasteiger partial charge in [0, 0.05) is 21.4 Å². The Morgan fingerprint density at radius 1 is 1.28 bits per heavy atom. The number of methoxy groups -OCH3 is 1. The highest BCUT2D eigenvalue weighted by atomic mass is 79.9. The van der Waals surface area contributed by atoms with Crippen LogP contribution >= 0.6 is 39.3 Å². The number of rotatable bonds is 8. The predicted molar refractivity (Wildman–Crippen MR) is 144 cm³/mol. The van der Waals surface area contributed by atoms with Crippen molar-refractivity contribution in [1.82, 2.24) is 10.3 Å². The molecule has 36 heavy (non-hydrogen) atoms. The number of esters is 1. The quantitative estimate of drug-likeness (QED) is 0.149. The molecular formula is C23H25BrClN6O4S+. The van der Waals surface area contributed by atoms with E-state index < -0.39 is 12.0 Å². The lowest BCUT2D eigenvalue weighted by atomic mass is 10.1. The minimum Gasteiger partial charge on any atom is -0.467 e. The van der Waals surface area contributed by atoms with Crippen molar-refractivity contribution in [2.24, 2.45) is 5.90 Å². The van der Waals surface area contributed by atoms with Crippen molar-refractivity contribution >= 4 is 79.1 Å². The predicted octanol–water partition coefficient (Wildman–Crippen LogP) is 2.07. The summed E-state index contributed by atoms with van der Waals surface area (Å²) in [5, 5.41) is 3.61. The number of carbonyl (C=O) groups is 2. The highest BCUT2D eigenvalue weighted by Gasteiger charge is 2.40. The van der Waals surface area contributed by atoms with Gasteiger partial charge in [-0.25, -0.2) is 15.7 Å². The number of aromatic nitrogens is 1. The minimum absolute atomic E-state index is 0.0736. The van der Waals surface area contributed by atoms with Crippen molar-refractivity contribution in [3.63, 3.8) is 0 Å². The summed E-state index contributed by atoms with van der Waals surface area (Å²) in [5.74, 6) is 4.59. The van der Waals surface area contributed by atoms with Crippen molar-refractivity contribution in [1.29, 1.82) is 0 Å². The maximum absolute atomic E-state index is 12.8. The van der Waals surface area contributed by atoms with Gasteiger partial charge in [-0.05, 0) is 30.3 Å². The van der Waals surface area contributed by atoms with Gasteiger partial charge in [0.05, 0.1) is 35.9 Å². The molecule has 0 bridgehead atoms. The fourth-order valence-corrected chi connectivity index (χ4v) is 6.06. The van der Waals surface area contributed by atoms with E-state index in [-0.39, 0.29) is 34.4 Å². The van der Waals surface area contributed by atoms with Crippen LogP contribution in [-0.4, -0.2) is 42.8 Å². The summed E-state index contributed by atoms with van der Waals surface area (Å²) in [7, 11) is 3.23. The SMILES string of the molecule is COC(=O)[C@H](CSC1c2cc(CON)nc3c(N)c(Cl)c(N)c(c23)[NH+]1C)NC(=O)c1ccc(Br)cc1. The Morgan fingerprint density at radius 2 is 1.97 bits per heavy atom. The van der Waals surface area contributed by atoms with E-state index in [0.29, 0.717) is 22.5 Å². The number of ether oxygens (including phenoxy) is 1. The first kappa shape index (κ1) is 26.5. The van der Waals surface area contributed by atoms with Gasteiger partial charge in [0.25, 0.3) is 5.91 Å². The van der Waals surface area contributed by atoms with Crippen LogP contribution < -0.4 is 27.6 Å². The van der Waals surface area contributed by atoms with Crippen molar-refractivity contribution in [3.05, 3.63) is 56.6 Å². The fraction of sp³-hybridized carbons (Fsp3) is 0.261. The molecule has 190 valence electrons. The van der Waals surface area contributed by atoms with Gasteiger partial charge < -0.3 is 21.5 Å². The number of benzene rings is 2. The van der Waals surface area contributed by atoms with Crippen molar-refractivity contribution in [3.8, 4) is 0 Å². The summed E-state index contributed by atoms with van der Waals surface area (Å²) >= 11 is 11.2. The van der Waals surface area contributed by atoms with Crippen LogP contribution in [0.2, 0.25) is 5.02 Å². The standard InChI is InChI=1S/C23H24BrClN6O4S/c1-31-20-15-13(7-12(8-35-28)29-19(15)17(26)16(25)18(20)27)22(31)36-9-14(23(33)34-2)30-21(32)10-3-5-11(24)6-4-10/h3-7,14,22H,8-9,26-28H2,1-2H3,(H,30,32)/p+1/t14-,22?/m0/s1. The van der Waals surface area contributed by atoms with E-state index in [4.69, 9.17) is 38.5 Å². The molecule has 0 saturated heterocycles. The molecule has 4 rings (SSSR count). The largest absolute Gasteiger partial charge is 0.467 e. The zero-order valence-electron chi connectivity index (χ0n) is 19.4. The Bertz CT molecular complexity index is 1340. The Balaban J connectivity index is 1.65. The van der Waals surface area contributed by atoms with E-state index in [2.05, 4.69) is 26.2 Å². The van der Waals surface area contributed by atoms with E-state index >= 15 is 0 Å². The second-order valence-corrected chi connectivity index (χ2v) is 10.6. The number of halogens is 2. The lowest BCUT2D eigenvalue weighted by molar-refractivity contribution is -0.822. The summed E-state index contributed by atoms with van der Waals surface area (Å²) < 4.78 is 5.80. The van der Waals surface area contributed by atoms with Gasteiger partial charge >= 0.3 is 5.97 Å². The number of quaternary nitrogens is 1. The van der Waals surface area contributed by atoms with Crippen molar-refractivity contribution < 1.29 is 24.1 Å². The molecule has 3 aromatic rings. The number of nitrogen functional groups attached to an aromatic ring is 2. The number of pyridine rings is 1. The number of hydrogen-bond donors (Lipinski definition) is 5. The van der Waals surface area contributed by atoms with Crippen LogP contribution in [-0.2, 0) is 21.0 Å². The molecule has 8 N–H and O–H groups in total. The zero-order chi connectivity index (χ0) is 26.1. The molecule has 2 unspecified atom stereocenters. The third kappa shape index (κ3) is 4.84. The molecule has 0 radical (unpaired) electrons. The third-order valence-electron chi connectivity index (χ3n) is 5.98. The van der Waals surface area contributed by atoms with Crippen molar-refractivity contribution in [2.75, 3.05) is 31.4 Å². The Kier molecular flexibility index (Phi) is 7.93. The molecule has 13 heteroatoms. The second kappa shape index (κ2) is 10.8. The average molecular weight is 597 g/mol. The number of nitrogens with zero attached hydrogens (tertiary/aromatic N) is 1. The monoisotopic (exact) mass is 595 g/mol. The Morgan fingerprint density at radius 3 is 2.61 bits per heavy atom. The fourth-order valence-electron chi connectivity index (χ4n) is 4.27. The number of hydrogen-bond acceptors (Lipinski definition) is 9. The maximum Gasteiger partial charge on any atom is 0.329 e. The van der Waals surface area contributed by atoms with Crippen LogP contribution in [0.1, 0.15) is 27.0 Å². The average Bonchev–Trinajstić information content (AvgIpc) is 3.14. The normalized spacial score (nSPS) is 17.2. The van der Waals surface area contributed by atoms with Gasteiger partial charge in [-0.1, -0.05) is 39.3 Å². The minimum atomic E-state index is -0.886. The first-order chi connectivity index (χ1) is 17.2. The first-order valence-electron chi connectivity index (χ1n) is 10.8. The molecule has 1 aliphatic rings. The van der Waals surface area contributed by atoms with Gasteiger partial charge in [0.2, 0.25) is 0 Å². The van der Waals surface area contributed by atoms with Gasteiger partial charge in [0.1, 0.15) is 23.9 Å². The van der Waals surface area contributed by atoms with E-state index in [0.717, 1.165) is 26.0 Å². The van der Waals surface area contributed by atoms with Crippen LogP contribution in [0.5, 0.6) is 0 Å². The summed E-state index contributed by atoms with van der Waals surface area (Å²) in [6.07, 6.45) is 0. The molecule has 3 atom stereocenters. The zero-order valence-corrected chi connectivity index (χ0v) is 22.6.